The molecule has 1 heterocycles. The van der Waals surface area contributed by atoms with Crippen molar-refractivity contribution in [2.75, 3.05) is 12.3 Å². The third kappa shape index (κ3) is 2.67. The Morgan fingerprint density at radius 1 is 1.17 bits per heavy atom. The molecule has 1 N–H and O–H groups in total. The summed E-state index contributed by atoms with van der Waals surface area (Å²) in [5.74, 6) is 2.89. The number of hydrogen-bond donors (Lipinski definition) is 1. The van der Waals surface area contributed by atoms with Crippen LogP contribution in [0.3, 0.4) is 0 Å². The predicted molar refractivity (Wildman–Crippen MR) is 57.7 cm³/mol. The van der Waals surface area contributed by atoms with Crippen LogP contribution in [0.4, 0.5) is 0 Å². The van der Waals surface area contributed by atoms with Crippen molar-refractivity contribution in [3.05, 3.63) is 0 Å². The average Bonchev–Trinajstić information content (AvgIpc) is 2.04. The van der Waals surface area contributed by atoms with E-state index in [1.165, 1.54) is 12.3 Å². The molecule has 72 valence electrons. The second-order valence-corrected chi connectivity index (χ2v) is 5.65. The highest BCUT2D eigenvalue weighted by Gasteiger charge is 2.24. The smallest absolute Gasteiger partial charge is 0.0196 e. The quantitative estimate of drug-likeness (QED) is 0.712. The summed E-state index contributed by atoms with van der Waals surface area (Å²) in [5.41, 5.74) is 0. The first-order valence-electron chi connectivity index (χ1n) is 4.96. The first-order chi connectivity index (χ1) is 5.61. The standard InChI is InChI=1S/C10H21NS/c1-7(2)9-6-12-10(5-11-9)8(3)4/h7-11H,5-6H2,1-4H3. The summed E-state index contributed by atoms with van der Waals surface area (Å²) < 4.78 is 0. The van der Waals surface area contributed by atoms with Gasteiger partial charge in [0.05, 0.1) is 0 Å². The van der Waals surface area contributed by atoms with Gasteiger partial charge in [-0.25, -0.2) is 0 Å². The van der Waals surface area contributed by atoms with E-state index in [1.54, 1.807) is 0 Å². The van der Waals surface area contributed by atoms with Crippen LogP contribution in [0.1, 0.15) is 27.7 Å². The Labute approximate surface area is 80.7 Å². The van der Waals surface area contributed by atoms with Gasteiger partial charge in [0.15, 0.2) is 0 Å². The molecule has 0 amide bonds. The lowest BCUT2D eigenvalue weighted by Gasteiger charge is -2.33. The van der Waals surface area contributed by atoms with Crippen LogP contribution in [0, 0.1) is 11.8 Å². The predicted octanol–water partition coefficient (Wildman–Crippen LogP) is 2.37. The van der Waals surface area contributed by atoms with Crippen LogP contribution in [0.2, 0.25) is 0 Å². The van der Waals surface area contributed by atoms with Crippen LogP contribution >= 0.6 is 11.8 Å². The molecule has 1 saturated heterocycles. The SMILES string of the molecule is CC(C)C1CSC(C(C)C)CN1. The summed E-state index contributed by atoms with van der Waals surface area (Å²) in [7, 11) is 0. The first kappa shape index (κ1) is 10.4. The van der Waals surface area contributed by atoms with Gasteiger partial charge in [0.1, 0.15) is 0 Å². The lowest BCUT2D eigenvalue weighted by atomic mass is 10.0. The fourth-order valence-corrected chi connectivity index (χ4v) is 3.03. The van der Waals surface area contributed by atoms with Crippen molar-refractivity contribution in [1.82, 2.24) is 5.32 Å². The zero-order valence-corrected chi connectivity index (χ0v) is 9.45. The van der Waals surface area contributed by atoms with Gasteiger partial charge >= 0.3 is 0 Å². The zero-order valence-electron chi connectivity index (χ0n) is 8.63. The summed E-state index contributed by atoms with van der Waals surface area (Å²) >= 11 is 2.15. The van der Waals surface area contributed by atoms with Crippen LogP contribution in [0.15, 0.2) is 0 Å². The van der Waals surface area contributed by atoms with Gasteiger partial charge in [-0.3, -0.25) is 0 Å². The van der Waals surface area contributed by atoms with E-state index in [4.69, 9.17) is 0 Å². The average molecular weight is 187 g/mol. The minimum Gasteiger partial charge on any atom is -0.312 e. The molecule has 2 atom stereocenters. The molecule has 0 aliphatic carbocycles. The molecular weight excluding hydrogens is 166 g/mol. The molecule has 2 unspecified atom stereocenters. The zero-order chi connectivity index (χ0) is 9.14. The second-order valence-electron chi connectivity index (χ2n) is 4.37. The highest BCUT2D eigenvalue weighted by molar-refractivity contribution is 8.00. The molecule has 0 spiro atoms. The van der Waals surface area contributed by atoms with Crippen molar-refractivity contribution < 1.29 is 0 Å². The molecule has 0 aromatic heterocycles. The van der Waals surface area contributed by atoms with E-state index in [1.807, 2.05) is 0 Å². The molecule has 1 fully saturated rings. The van der Waals surface area contributed by atoms with E-state index in [9.17, 15) is 0 Å². The molecule has 0 bridgehead atoms. The van der Waals surface area contributed by atoms with Crippen LogP contribution in [0.25, 0.3) is 0 Å². The molecule has 1 aliphatic heterocycles. The molecule has 0 radical (unpaired) electrons. The lowest BCUT2D eigenvalue weighted by molar-refractivity contribution is 0.403. The fourth-order valence-electron chi connectivity index (χ4n) is 1.47. The maximum Gasteiger partial charge on any atom is 0.0196 e. The van der Waals surface area contributed by atoms with Crippen molar-refractivity contribution in [3.8, 4) is 0 Å². The number of nitrogens with one attached hydrogen (secondary N) is 1. The van der Waals surface area contributed by atoms with Crippen molar-refractivity contribution in [2.45, 2.75) is 39.0 Å². The largest absolute Gasteiger partial charge is 0.312 e. The van der Waals surface area contributed by atoms with E-state index < -0.39 is 0 Å². The van der Waals surface area contributed by atoms with Gasteiger partial charge in [0.2, 0.25) is 0 Å². The summed E-state index contributed by atoms with van der Waals surface area (Å²) in [6, 6.07) is 0.741. The molecule has 12 heavy (non-hydrogen) atoms. The van der Waals surface area contributed by atoms with Gasteiger partial charge < -0.3 is 5.32 Å². The van der Waals surface area contributed by atoms with E-state index in [0.29, 0.717) is 0 Å². The number of rotatable bonds is 2. The van der Waals surface area contributed by atoms with Crippen molar-refractivity contribution in [2.24, 2.45) is 11.8 Å². The van der Waals surface area contributed by atoms with Gasteiger partial charge in [-0.05, 0) is 11.8 Å². The topological polar surface area (TPSA) is 12.0 Å². The minimum absolute atomic E-state index is 0.741. The van der Waals surface area contributed by atoms with Crippen LogP contribution in [-0.4, -0.2) is 23.6 Å². The van der Waals surface area contributed by atoms with Crippen LogP contribution in [-0.2, 0) is 0 Å². The van der Waals surface area contributed by atoms with E-state index >= 15 is 0 Å². The number of thioether (sulfide) groups is 1. The maximum absolute atomic E-state index is 3.63. The van der Waals surface area contributed by atoms with Gasteiger partial charge in [-0.2, -0.15) is 11.8 Å². The number of hydrogen-bond acceptors (Lipinski definition) is 2. The minimum atomic E-state index is 0.741. The molecule has 0 aromatic carbocycles. The monoisotopic (exact) mass is 187 g/mol. The highest BCUT2D eigenvalue weighted by atomic mass is 32.2. The normalized spacial score (nSPS) is 31.5. The Morgan fingerprint density at radius 3 is 2.17 bits per heavy atom. The first-order valence-corrected chi connectivity index (χ1v) is 6.01. The molecule has 0 aromatic rings. The Kier molecular flexibility index (Phi) is 3.91. The molecule has 1 nitrogen and oxygen atoms in total. The Balaban J connectivity index is 2.30. The van der Waals surface area contributed by atoms with Gasteiger partial charge in [-0.15, -0.1) is 0 Å². The molecule has 1 aliphatic rings. The van der Waals surface area contributed by atoms with Gasteiger partial charge in [-0.1, -0.05) is 27.7 Å². The molecule has 1 rings (SSSR count). The molecular formula is C10H21NS. The Bertz CT molecular complexity index is 110. The van der Waals surface area contributed by atoms with Crippen LogP contribution < -0.4 is 5.32 Å². The van der Waals surface area contributed by atoms with Crippen molar-refractivity contribution >= 4 is 11.8 Å². The second kappa shape index (κ2) is 4.52. The Morgan fingerprint density at radius 2 is 1.83 bits per heavy atom. The summed E-state index contributed by atoms with van der Waals surface area (Å²) in [4.78, 5) is 0. The van der Waals surface area contributed by atoms with E-state index in [0.717, 1.165) is 23.1 Å². The lowest BCUT2D eigenvalue weighted by Crippen LogP contribution is -2.46. The summed E-state index contributed by atoms with van der Waals surface area (Å²) in [6.07, 6.45) is 0. The molecule has 0 saturated carbocycles. The van der Waals surface area contributed by atoms with Crippen molar-refractivity contribution in [3.63, 3.8) is 0 Å². The highest BCUT2D eigenvalue weighted by Crippen LogP contribution is 2.25. The fraction of sp³-hybridized carbons (Fsp3) is 1.00. The summed E-state index contributed by atoms with van der Waals surface area (Å²) in [5, 5.41) is 4.46. The van der Waals surface area contributed by atoms with Crippen molar-refractivity contribution in [1.29, 1.82) is 0 Å². The van der Waals surface area contributed by atoms with Crippen LogP contribution in [0.5, 0.6) is 0 Å². The summed E-state index contributed by atoms with van der Waals surface area (Å²) in [6.45, 7) is 10.4. The third-order valence-corrected chi connectivity index (χ3v) is 4.31. The van der Waals surface area contributed by atoms with E-state index in [-0.39, 0.29) is 0 Å². The van der Waals surface area contributed by atoms with Gasteiger partial charge in [0, 0.05) is 23.6 Å². The maximum atomic E-state index is 3.63. The van der Waals surface area contributed by atoms with Gasteiger partial charge in [0.25, 0.3) is 0 Å². The third-order valence-electron chi connectivity index (χ3n) is 2.62. The molecule has 2 heteroatoms. The van der Waals surface area contributed by atoms with E-state index in [2.05, 4.69) is 44.8 Å². The Hall–Kier alpha value is 0.310.